The van der Waals surface area contributed by atoms with Crippen LogP contribution < -0.4 is 0 Å². The molecular weight excluding hydrogens is 132 g/mol. The highest BCUT2D eigenvalue weighted by molar-refractivity contribution is 5.74. The quantitative estimate of drug-likeness (QED) is 0.594. The number of hydrogen-bond donors (Lipinski definition) is 2. The highest BCUT2D eigenvalue weighted by Crippen LogP contribution is 1.71. The highest BCUT2D eigenvalue weighted by Gasteiger charge is 1.83. The first kappa shape index (κ1) is 12.3. The van der Waals surface area contributed by atoms with E-state index in [1.165, 1.54) is 6.92 Å². The standard InChI is InChI=1S/C4H8O.C3H8O2/c1-3-4(2)5;1-3(5)2-4/h3H2,1-2H3;3-5H,2H2,1H3. The van der Waals surface area contributed by atoms with Crippen molar-refractivity contribution < 1.29 is 15.0 Å². The average Bonchev–Trinajstić information content (AvgIpc) is 1.89. The van der Waals surface area contributed by atoms with Crippen molar-refractivity contribution in [3.8, 4) is 0 Å². The molecule has 0 fully saturated rings. The lowest BCUT2D eigenvalue weighted by Crippen LogP contribution is -2.03. The molecule has 0 aromatic rings. The zero-order valence-electron chi connectivity index (χ0n) is 6.79. The zero-order valence-corrected chi connectivity index (χ0v) is 6.79. The summed E-state index contributed by atoms with van der Waals surface area (Å²) < 4.78 is 0. The van der Waals surface area contributed by atoms with Gasteiger partial charge in [0.15, 0.2) is 0 Å². The van der Waals surface area contributed by atoms with Gasteiger partial charge in [0.05, 0.1) is 12.7 Å². The van der Waals surface area contributed by atoms with Gasteiger partial charge >= 0.3 is 0 Å². The van der Waals surface area contributed by atoms with Crippen LogP contribution in [0.15, 0.2) is 0 Å². The summed E-state index contributed by atoms with van der Waals surface area (Å²) in [7, 11) is 0. The van der Waals surface area contributed by atoms with Gasteiger partial charge in [0.25, 0.3) is 0 Å². The predicted molar refractivity (Wildman–Crippen MR) is 39.7 cm³/mol. The van der Waals surface area contributed by atoms with Crippen molar-refractivity contribution in [3.63, 3.8) is 0 Å². The number of hydrogen-bond acceptors (Lipinski definition) is 3. The average molecular weight is 148 g/mol. The van der Waals surface area contributed by atoms with Crippen LogP contribution in [0.3, 0.4) is 0 Å². The fourth-order valence-corrected chi connectivity index (χ4v) is 0. The lowest BCUT2D eigenvalue weighted by atomic mass is 10.4. The van der Waals surface area contributed by atoms with E-state index in [0.717, 1.165) is 0 Å². The van der Waals surface area contributed by atoms with Crippen LogP contribution in [0.5, 0.6) is 0 Å². The van der Waals surface area contributed by atoms with Gasteiger partial charge in [0.1, 0.15) is 5.78 Å². The maximum absolute atomic E-state index is 9.81. The second-order valence-electron chi connectivity index (χ2n) is 2.09. The van der Waals surface area contributed by atoms with E-state index in [4.69, 9.17) is 10.2 Å². The Kier molecular flexibility index (Phi) is 10.6. The Morgan fingerprint density at radius 2 is 1.80 bits per heavy atom. The summed E-state index contributed by atoms with van der Waals surface area (Å²) in [6.07, 6.45) is 0.106. The number of aliphatic hydroxyl groups excluding tert-OH is 2. The molecule has 0 aliphatic carbocycles. The van der Waals surface area contributed by atoms with E-state index in [2.05, 4.69) is 0 Å². The Balaban J connectivity index is 0. The topological polar surface area (TPSA) is 57.5 Å². The van der Waals surface area contributed by atoms with Gasteiger partial charge in [-0.1, -0.05) is 6.92 Å². The number of carbonyl (C=O) groups is 1. The molecule has 1 unspecified atom stereocenters. The molecule has 0 saturated carbocycles. The van der Waals surface area contributed by atoms with Crippen LogP contribution >= 0.6 is 0 Å². The van der Waals surface area contributed by atoms with E-state index in [0.29, 0.717) is 6.42 Å². The summed E-state index contributed by atoms with van der Waals surface area (Å²) in [4.78, 5) is 9.81. The molecule has 0 aliphatic heterocycles. The second-order valence-corrected chi connectivity index (χ2v) is 2.09. The molecular formula is C7H16O3. The van der Waals surface area contributed by atoms with E-state index in [-0.39, 0.29) is 12.4 Å². The first-order valence-corrected chi connectivity index (χ1v) is 3.32. The molecule has 0 amide bonds. The third kappa shape index (κ3) is 25.6. The van der Waals surface area contributed by atoms with Crippen LogP contribution in [0, 0.1) is 0 Å². The lowest BCUT2D eigenvalue weighted by Gasteiger charge is -1.90. The SMILES string of the molecule is CC(O)CO.CCC(C)=O. The number of Topliss-reactive ketones (excluding diaryl/α,β-unsaturated/α-hetero) is 1. The Morgan fingerprint density at radius 1 is 1.60 bits per heavy atom. The molecule has 3 heteroatoms. The van der Waals surface area contributed by atoms with Crippen molar-refractivity contribution in [2.24, 2.45) is 0 Å². The van der Waals surface area contributed by atoms with Crippen LogP contribution in [0.1, 0.15) is 27.2 Å². The zero-order chi connectivity index (χ0) is 8.57. The van der Waals surface area contributed by atoms with Crippen molar-refractivity contribution in [1.29, 1.82) is 0 Å². The van der Waals surface area contributed by atoms with E-state index in [1.807, 2.05) is 6.92 Å². The van der Waals surface area contributed by atoms with Gasteiger partial charge in [-0.2, -0.15) is 0 Å². The largest absolute Gasteiger partial charge is 0.394 e. The van der Waals surface area contributed by atoms with Crippen molar-refractivity contribution >= 4 is 5.78 Å². The highest BCUT2D eigenvalue weighted by atomic mass is 16.3. The van der Waals surface area contributed by atoms with Gasteiger partial charge in [0, 0.05) is 6.42 Å². The first-order chi connectivity index (χ1) is 4.54. The molecule has 0 heterocycles. The number of aliphatic hydroxyl groups is 2. The predicted octanol–water partition coefficient (Wildman–Crippen LogP) is 0.345. The number of rotatable bonds is 2. The Hall–Kier alpha value is -0.410. The van der Waals surface area contributed by atoms with Crippen molar-refractivity contribution in [1.82, 2.24) is 0 Å². The van der Waals surface area contributed by atoms with E-state index in [1.54, 1.807) is 6.92 Å². The molecule has 0 radical (unpaired) electrons. The van der Waals surface area contributed by atoms with Crippen molar-refractivity contribution in [2.75, 3.05) is 6.61 Å². The molecule has 3 nitrogen and oxygen atoms in total. The van der Waals surface area contributed by atoms with E-state index >= 15 is 0 Å². The molecule has 0 aromatic heterocycles. The van der Waals surface area contributed by atoms with Gasteiger partial charge in [-0.05, 0) is 13.8 Å². The third-order valence-electron chi connectivity index (χ3n) is 0.762. The summed E-state index contributed by atoms with van der Waals surface area (Å²) in [6, 6.07) is 0. The molecule has 62 valence electrons. The van der Waals surface area contributed by atoms with Gasteiger partial charge in [-0.15, -0.1) is 0 Å². The maximum Gasteiger partial charge on any atom is 0.129 e. The molecule has 10 heavy (non-hydrogen) atoms. The van der Waals surface area contributed by atoms with Crippen LogP contribution in [0.25, 0.3) is 0 Å². The minimum atomic E-state index is -0.560. The fourth-order valence-electron chi connectivity index (χ4n) is 0. The van der Waals surface area contributed by atoms with Crippen molar-refractivity contribution in [2.45, 2.75) is 33.3 Å². The van der Waals surface area contributed by atoms with Gasteiger partial charge in [-0.3, -0.25) is 0 Å². The molecule has 0 rings (SSSR count). The molecule has 1 atom stereocenters. The smallest absolute Gasteiger partial charge is 0.129 e. The van der Waals surface area contributed by atoms with Gasteiger partial charge in [-0.25, -0.2) is 0 Å². The summed E-state index contributed by atoms with van der Waals surface area (Å²) >= 11 is 0. The van der Waals surface area contributed by atoms with Crippen LogP contribution in [0.4, 0.5) is 0 Å². The molecule has 2 N–H and O–H groups in total. The van der Waals surface area contributed by atoms with Gasteiger partial charge < -0.3 is 15.0 Å². The van der Waals surface area contributed by atoms with Crippen molar-refractivity contribution in [3.05, 3.63) is 0 Å². The van der Waals surface area contributed by atoms with Crippen LogP contribution in [-0.4, -0.2) is 28.7 Å². The Labute approximate surface area is 61.7 Å². The van der Waals surface area contributed by atoms with Crippen LogP contribution in [0.2, 0.25) is 0 Å². The Morgan fingerprint density at radius 3 is 1.80 bits per heavy atom. The molecule has 0 bridgehead atoms. The molecule has 0 aliphatic rings. The van der Waals surface area contributed by atoms with Crippen LogP contribution in [-0.2, 0) is 4.79 Å². The number of ketones is 1. The molecule has 0 saturated heterocycles. The number of carbonyl (C=O) groups excluding carboxylic acids is 1. The van der Waals surface area contributed by atoms with E-state index in [9.17, 15) is 4.79 Å². The minimum Gasteiger partial charge on any atom is -0.394 e. The first-order valence-electron chi connectivity index (χ1n) is 3.32. The normalized spacial score (nSPS) is 11.3. The molecule has 0 aromatic carbocycles. The molecule has 0 spiro atoms. The summed E-state index contributed by atoms with van der Waals surface area (Å²) in [6.45, 7) is 4.82. The van der Waals surface area contributed by atoms with Gasteiger partial charge in [0.2, 0.25) is 0 Å². The van der Waals surface area contributed by atoms with E-state index < -0.39 is 6.10 Å². The Bertz CT molecular complexity index is 78.9. The second kappa shape index (κ2) is 8.59. The third-order valence-corrected chi connectivity index (χ3v) is 0.762. The maximum atomic E-state index is 9.81. The fraction of sp³-hybridized carbons (Fsp3) is 0.857. The minimum absolute atomic E-state index is 0.139. The summed E-state index contributed by atoms with van der Waals surface area (Å²) in [5.74, 6) is 0.255. The summed E-state index contributed by atoms with van der Waals surface area (Å²) in [5.41, 5.74) is 0. The monoisotopic (exact) mass is 148 g/mol. The summed E-state index contributed by atoms with van der Waals surface area (Å²) in [5, 5.41) is 16.0. The lowest BCUT2D eigenvalue weighted by molar-refractivity contribution is -0.116.